The van der Waals surface area contributed by atoms with E-state index in [1.165, 1.54) is 11.3 Å². The van der Waals surface area contributed by atoms with Gasteiger partial charge in [-0.1, -0.05) is 18.2 Å². The van der Waals surface area contributed by atoms with Crippen LogP contribution in [0.15, 0.2) is 24.3 Å². The molecule has 0 spiro atoms. The van der Waals surface area contributed by atoms with Crippen LogP contribution in [0, 0.1) is 5.41 Å². The van der Waals surface area contributed by atoms with Crippen LogP contribution in [-0.4, -0.2) is 11.8 Å². The van der Waals surface area contributed by atoms with Crippen molar-refractivity contribution in [2.75, 3.05) is 5.32 Å². The minimum absolute atomic E-state index is 0.562. The van der Waals surface area contributed by atoms with Crippen LogP contribution in [0.1, 0.15) is 30.7 Å². The summed E-state index contributed by atoms with van der Waals surface area (Å²) in [5.74, 6) is 0.562. The molecule has 1 aromatic rings. The smallest absolute Gasteiger partial charge is 0.0378 e. The second-order valence-corrected chi connectivity index (χ2v) is 4.29. The fraction of sp³-hybridized carbons (Fsp3) is 0.417. The summed E-state index contributed by atoms with van der Waals surface area (Å²) >= 11 is 0. The highest BCUT2D eigenvalue weighted by atomic mass is 15.0. The van der Waals surface area contributed by atoms with Crippen molar-refractivity contribution >= 4 is 11.4 Å². The topological polar surface area (TPSA) is 35.9 Å². The van der Waals surface area contributed by atoms with Crippen molar-refractivity contribution in [1.29, 1.82) is 5.41 Å². The molecule has 2 heteroatoms. The molecule has 0 radical (unpaired) electrons. The first-order valence-electron chi connectivity index (χ1n) is 5.26. The standard InChI is InChI=1S/C12H14N2/c13-8-5-6-12-10(7-8)9-3-1-2-4-11(9)14-12/h1-4,10,12-14H,5-7H2. The Bertz CT molecular complexity index is 384. The van der Waals surface area contributed by atoms with Gasteiger partial charge in [-0.25, -0.2) is 0 Å². The molecule has 2 unspecified atom stereocenters. The van der Waals surface area contributed by atoms with Crippen LogP contribution in [-0.2, 0) is 0 Å². The third-order valence-electron chi connectivity index (χ3n) is 3.41. The summed E-state index contributed by atoms with van der Waals surface area (Å²) in [5.41, 5.74) is 3.63. The van der Waals surface area contributed by atoms with E-state index in [0.29, 0.717) is 12.0 Å². The largest absolute Gasteiger partial charge is 0.381 e. The molecule has 0 aromatic heterocycles. The Kier molecular flexibility index (Phi) is 1.63. The third kappa shape index (κ3) is 1.07. The van der Waals surface area contributed by atoms with Gasteiger partial charge in [0, 0.05) is 23.4 Å². The molecule has 3 rings (SSSR count). The number of anilines is 1. The van der Waals surface area contributed by atoms with Gasteiger partial charge in [-0.05, 0) is 30.9 Å². The number of hydrogen-bond donors (Lipinski definition) is 2. The molecule has 1 aromatic carbocycles. The van der Waals surface area contributed by atoms with Crippen molar-refractivity contribution in [2.45, 2.75) is 31.2 Å². The number of nitrogens with one attached hydrogen (secondary N) is 2. The molecule has 1 fully saturated rings. The summed E-state index contributed by atoms with van der Waals surface area (Å²) in [6.45, 7) is 0. The summed E-state index contributed by atoms with van der Waals surface area (Å²) in [6.07, 6.45) is 3.05. The molecule has 1 heterocycles. The lowest BCUT2D eigenvalue weighted by atomic mass is 9.82. The van der Waals surface area contributed by atoms with E-state index in [0.717, 1.165) is 25.0 Å². The molecule has 2 nitrogen and oxygen atoms in total. The molecular weight excluding hydrogens is 172 g/mol. The zero-order chi connectivity index (χ0) is 9.54. The number of fused-ring (bicyclic) bond motifs is 3. The van der Waals surface area contributed by atoms with Crippen molar-refractivity contribution in [2.24, 2.45) is 0 Å². The van der Waals surface area contributed by atoms with E-state index in [4.69, 9.17) is 5.41 Å². The van der Waals surface area contributed by atoms with Crippen molar-refractivity contribution in [3.05, 3.63) is 29.8 Å². The van der Waals surface area contributed by atoms with Crippen LogP contribution in [0.5, 0.6) is 0 Å². The minimum atomic E-state index is 0.562. The van der Waals surface area contributed by atoms with Gasteiger partial charge in [0.25, 0.3) is 0 Å². The van der Waals surface area contributed by atoms with Gasteiger partial charge in [0.15, 0.2) is 0 Å². The van der Waals surface area contributed by atoms with Crippen LogP contribution >= 0.6 is 0 Å². The van der Waals surface area contributed by atoms with E-state index in [2.05, 4.69) is 29.6 Å². The Morgan fingerprint density at radius 2 is 2.14 bits per heavy atom. The molecule has 2 N–H and O–H groups in total. The van der Waals surface area contributed by atoms with Gasteiger partial charge in [0.1, 0.15) is 0 Å². The van der Waals surface area contributed by atoms with Gasteiger partial charge in [-0.3, -0.25) is 0 Å². The fourth-order valence-electron chi connectivity index (χ4n) is 2.69. The lowest BCUT2D eigenvalue weighted by Crippen LogP contribution is -2.28. The average molecular weight is 186 g/mol. The van der Waals surface area contributed by atoms with Crippen LogP contribution in [0.25, 0.3) is 0 Å². The van der Waals surface area contributed by atoms with E-state index >= 15 is 0 Å². The predicted molar refractivity (Wildman–Crippen MR) is 58.2 cm³/mol. The lowest BCUT2D eigenvalue weighted by molar-refractivity contribution is 0.540. The Hall–Kier alpha value is -1.31. The molecule has 72 valence electrons. The number of benzene rings is 1. The molecule has 1 saturated carbocycles. The normalized spacial score (nSPS) is 29.3. The van der Waals surface area contributed by atoms with Gasteiger partial charge in [0.2, 0.25) is 0 Å². The number of para-hydroxylation sites is 1. The summed E-state index contributed by atoms with van der Waals surface area (Å²) in [7, 11) is 0. The Morgan fingerprint density at radius 1 is 1.29 bits per heavy atom. The average Bonchev–Trinajstić information content (AvgIpc) is 2.56. The maximum atomic E-state index is 7.75. The number of hydrogen-bond acceptors (Lipinski definition) is 2. The first-order valence-corrected chi connectivity index (χ1v) is 5.26. The van der Waals surface area contributed by atoms with Crippen molar-refractivity contribution in [3.63, 3.8) is 0 Å². The quantitative estimate of drug-likeness (QED) is 0.642. The Morgan fingerprint density at radius 3 is 3.07 bits per heavy atom. The van der Waals surface area contributed by atoms with E-state index in [1.807, 2.05) is 0 Å². The molecule has 2 aliphatic rings. The first kappa shape index (κ1) is 8.04. The summed E-state index contributed by atoms with van der Waals surface area (Å²) in [6, 6.07) is 9.11. The maximum absolute atomic E-state index is 7.75. The van der Waals surface area contributed by atoms with Crippen LogP contribution < -0.4 is 5.32 Å². The van der Waals surface area contributed by atoms with E-state index < -0.39 is 0 Å². The first-order chi connectivity index (χ1) is 6.84. The van der Waals surface area contributed by atoms with Crippen LogP contribution in [0.2, 0.25) is 0 Å². The Balaban J connectivity index is 2.00. The molecule has 14 heavy (non-hydrogen) atoms. The van der Waals surface area contributed by atoms with Gasteiger partial charge >= 0.3 is 0 Å². The molecule has 2 atom stereocenters. The highest BCUT2D eigenvalue weighted by molar-refractivity contribution is 5.84. The predicted octanol–water partition coefficient (Wildman–Crippen LogP) is 2.77. The van der Waals surface area contributed by atoms with Crippen molar-refractivity contribution in [3.8, 4) is 0 Å². The molecule has 0 amide bonds. The summed E-state index contributed by atoms with van der Waals surface area (Å²) in [4.78, 5) is 0. The molecule has 0 saturated heterocycles. The molecule has 0 bridgehead atoms. The van der Waals surface area contributed by atoms with Gasteiger partial charge < -0.3 is 10.7 Å². The summed E-state index contributed by atoms with van der Waals surface area (Å²) < 4.78 is 0. The fourth-order valence-corrected chi connectivity index (χ4v) is 2.69. The van der Waals surface area contributed by atoms with Gasteiger partial charge in [0.05, 0.1) is 0 Å². The van der Waals surface area contributed by atoms with Crippen LogP contribution in [0.4, 0.5) is 5.69 Å². The van der Waals surface area contributed by atoms with E-state index in [-0.39, 0.29) is 0 Å². The highest BCUT2D eigenvalue weighted by Gasteiger charge is 2.35. The van der Waals surface area contributed by atoms with E-state index in [1.54, 1.807) is 0 Å². The maximum Gasteiger partial charge on any atom is 0.0378 e. The SMILES string of the molecule is N=C1CCC2Nc3ccccc3C2C1. The minimum Gasteiger partial charge on any atom is -0.381 e. The second kappa shape index (κ2) is 2.84. The highest BCUT2D eigenvalue weighted by Crippen LogP contribution is 2.42. The lowest BCUT2D eigenvalue weighted by Gasteiger charge is -2.26. The van der Waals surface area contributed by atoms with Crippen LogP contribution in [0.3, 0.4) is 0 Å². The Labute approximate surface area is 83.8 Å². The molecular formula is C12H14N2. The number of rotatable bonds is 0. The van der Waals surface area contributed by atoms with Gasteiger partial charge in [-0.15, -0.1) is 0 Å². The zero-order valence-electron chi connectivity index (χ0n) is 8.09. The van der Waals surface area contributed by atoms with Crippen molar-refractivity contribution < 1.29 is 0 Å². The monoisotopic (exact) mass is 186 g/mol. The molecule has 1 aliphatic carbocycles. The summed E-state index contributed by atoms with van der Waals surface area (Å²) in [5, 5.41) is 11.3. The second-order valence-electron chi connectivity index (χ2n) is 4.29. The van der Waals surface area contributed by atoms with E-state index in [9.17, 15) is 0 Å². The van der Waals surface area contributed by atoms with Gasteiger partial charge in [-0.2, -0.15) is 0 Å². The zero-order valence-corrected chi connectivity index (χ0v) is 8.09. The third-order valence-corrected chi connectivity index (χ3v) is 3.41. The molecule has 1 aliphatic heterocycles. The van der Waals surface area contributed by atoms with Crippen molar-refractivity contribution in [1.82, 2.24) is 0 Å².